The maximum atomic E-state index is 12.6. The van der Waals surface area contributed by atoms with Crippen molar-refractivity contribution in [2.24, 2.45) is 0 Å². The third kappa shape index (κ3) is 3.74. The third-order valence-electron chi connectivity index (χ3n) is 1.96. The van der Waals surface area contributed by atoms with Gasteiger partial charge in [-0.15, -0.1) is 13.2 Å². The van der Waals surface area contributed by atoms with E-state index in [1.165, 1.54) is 6.07 Å². The Morgan fingerprint density at radius 3 is 2.50 bits per heavy atom. The van der Waals surface area contributed by atoms with E-state index in [0.717, 1.165) is 0 Å². The number of ether oxygens (including phenoxy) is 1. The number of pyridine rings is 1. The van der Waals surface area contributed by atoms with Crippen molar-refractivity contribution in [2.45, 2.75) is 19.2 Å². The first-order valence-corrected chi connectivity index (χ1v) is 4.74. The fourth-order valence-corrected chi connectivity index (χ4v) is 1.27. The van der Waals surface area contributed by atoms with Gasteiger partial charge in [-0.1, -0.05) is 0 Å². The van der Waals surface area contributed by atoms with Crippen LogP contribution in [0.4, 0.5) is 27.8 Å². The summed E-state index contributed by atoms with van der Waals surface area (Å²) in [5, 5.41) is 19.0. The third-order valence-corrected chi connectivity index (χ3v) is 1.96. The topological polar surface area (TPSA) is 89.0 Å². The van der Waals surface area contributed by atoms with E-state index < -0.39 is 47.0 Å². The van der Waals surface area contributed by atoms with Gasteiger partial charge in [0.15, 0.2) is 0 Å². The lowest BCUT2D eigenvalue weighted by Gasteiger charge is -2.10. The molecule has 0 radical (unpaired) electrons. The molecule has 20 heavy (non-hydrogen) atoms. The van der Waals surface area contributed by atoms with Crippen LogP contribution in [0.25, 0.3) is 0 Å². The molecule has 108 valence electrons. The molecule has 1 aromatic rings. The van der Waals surface area contributed by atoms with E-state index in [4.69, 9.17) is 5.26 Å². The van der Waals surface area contributed by atoms with Crippen molar-refractivity contribution in [3.05, 3.63) is 27.3 Å². The molecule has 0 saturated heterocycles. The lowest BCUT2D eigenvalue weighted by Crippen LogP contribution is -2.20. The van der Waals surface area contributed by atoms with Gasteiger partial charge >= 0.3 is 18.1 Å². The normalized spacial score (nSPS) is 11.2. The summed E-state index contributed by atoms with van der Waals surface area (Å²) in [5.74, 6) is -2.75. The van der Waals surface area contributed by atoms with E-state index in [2.05, 4.69) is 9.72 Å². The van der Waals surface area contributed by atoms with Crippen LogP contribution in [0.15, 0.2) is 6.07 Å². The summed E-state index contributed by atoms with van der Waals surface area (Å²) < 4.78 is 64.6. The number of rotatable bonds is 4. The molecule has 0 aromatic carbocycles. The largest absolute Gasteiger partial charge is 0.575 e. The Morgan fingerprint density at radius 1 is 1.50 bits per heavy atom. The molecule has 0 atom stereocenters. The molecule has 0 N–H and O–H groups in total. The zero-order valence-corrected chi connectivity index (χ0v) is 9.32. The lowest BCUT2D eigenvalue weighted by atomic mass is 10.1. The second-order valence-corrected chi connectivity index (χ2v) is 3.31. The molecule has 0 spiro atoms. The van der Waals surface area contributed by atoms with Crippen LogP contribution in [0.3, 0.4) is 0 Å². The van der Waals surface area contributed by atoms with Gasteiger partial charge in [0.2, 0.25) is 0 Å². The van der Waals surface area contributed by atoms with Gasteiger partial charge in [-0.25, -0.2) is 8.78 Å². The van der Waals surface area contributed by atoms with Gasteiger partial charge in [0, 0.05) is 4.98 Å². The lowest BCUT2D eigenvalue weighted by molar-refractivity contribution is -0.390. The zero-order chi connectivity index (χ0) is 15.5. The van der Waals surface area contributed by atoms with Crippen LogP contribution in [0, 0.1) is 21.4 Å². The van der Waals surface area contributed by atoms with Crippen LogP contribution < -0.4 is 4.74 Å². The van der Waals surface area contributed by atoms with Crippen LogP contribution in [0.1, 0.15) is 17.6 Å². The Kier molecular flexibility index (Phi) is 4.38. The van der Waals surface area contributed by atoms with Gasteiger partial charge in [0.25, 0.3) is 6.43 Å². The Hall–Kier alpha value is -2.51. The number of alkyl halides is 5. The number of nitro groups is 1. The molecular weight excluding hydrogens is 293 g/mol. The quantitative estimate of drug-likeness (QED) is 0.484. The molecule has 0 bridgehead atoms. The summed E-state index contributed by atoms with van der Waals surface area (Å²) in [6, 6.07) is 1.86. The van der Waals surface area contributed by atoms with E-state index in [0.29, 0.717) is 6.07 Å². The first-order valence-electron chi connectivity index (χ1n) is 4.74. The first kappa shape index (κ1) is 15.5. The molecule has 0 aliphatic carbocycles. The number of nitriles is 1. The standard InChI is InChI=1S/C9H4F5N3O3/c10-6(11)5-3-4(1-2-15)7(17(18)19)16-8(5)20-9(12,13)14/h3,6H,1H2. The zero-order valence-electron chi connectivity index (χ0n) is 9.32. The van der Waals surface area contributed by atoms with Crippen molar-refractivity contribution in [2.75, 3.05) is 0 Å². The van der Waals surface area contributed by atoms with Gasteiger partial charge in [-0.05, 0) is 11.0 Å². The minimum Gasteiger partial charge on any atom is -0.366 e. The predicted molar refractivity (Wildman–Crippen MR) is 51.8 cm³/mol. The maximum Gasteiger partial charge on any atom is 0.575 e. The predicted octanol–water partition coefficient (Wildman–Crippen LogP) is 2.89. The van der Waals surface area contributed by atoms with Crippen LogP contribution in [0.2, 0.25) is 0 Å². The van der Waals surface area contributed by atoms with Crippen molar-refractivity contribution < 1.29 is 31.6 Å². The molecular formula is C9H4F5N3O3. The second kappa shape index (κ2) is 5.64. The SMILES string of the molecule is N#CCc1cc(C(F)F)c(OC(F)(F)F)nc1[N+](=O)[O-]. The molecule has 0 unspecified atom stereocenters. The Bertz CT molecular complexity index is 567. The van der Waals surface area contributed by atoms with E-state index in [1.54, 1.807) is 0 Å². The molecule has 0 aliphatic heterocycles. The van der Waals surface area contributed by atoms with Crippen LogP contribution in [0.5, 0.6) is 5.88 Å². The molecule has 0 amide bonds. The highest BCUT2D eigenvalue weighted by atomic mass is 19.4. The van der Waals surface area contributed by atoms with E-state index in [-0.39, 0.29) is 0 Å². The van der Waals surface area contributed by atoms with Crippen LogP contribution in [-0.2, 0) is 6.42 Å². The summed E-state index contributed by atoms with van der Waals surface area (Å²) in [4.78, 5) is 12.2. The summed E-state index contributed by atoms with van der Waals surface area (Å²) in [5.41, 5.74) is -1.81. The summed E-state index contributed by atoms with van der Waals surface area (Å²) in [6.45, 7) is 0. The Balaban J connectivity index is 3.45. The minimum atomic E-state index is -5.33. The minimum absolute atomic E-state index is 0.403. The maximum absolute atomic E-state index is 12.6. The molecule has 0 aliphatic rings. The second-order valence-electron chi connectivity index (χ2n) is 3.31. The number of hydrogen-bond acceptors (Lipinski definition) is 5. The van der Waals surface area contributed by atoms with E-state index in [1.807, 2.05) is 0 Å². The first-order chi connectivity index (χ1) is 9.15. The van der Waals surface area contributed by atoms with E-state index >= 15 is 0 Å². The summed E-state index contributed by atoms with van der Waals surface area (Å²) >= 11 is 0. The Labute approximate surface area is 107 Å². The van der Waals surface area contributed by atoms with Crippen molar-refractivity contribution >= 4 is 5.82 Å². The van der Waals surface area contributed by atoms with Crippen molar-refractivity contribution in [3.63, 3.8) is 0 Å². The molecule has 11 heteroatoms. The van der Waals surface area contributed by atoms with Crippen molar-refractivity contribution in [3.8, 4) is 11.9 Å². The highest BCUT2D eigenvalue weighted by molar-refractivity contribution is 5.43. The number of hydrogen-bond donors (Lipinski definition) is 0. The monoisotopic (exact) mass is 297 g/mol. The van der Waals surface area contributed by atoms with Gasteiger partial charge < -0.3 is 14.9 Å². The van der Waals surface area contributed by atoms with Crippen LogP contribution >= 0.6 is 0 Å². The molecule has 0 saturated carbocycles. The van der Waals surface area contributed by atoms with Gasteiger partial charge in [0.1, 0.15) is 5.56 Å². The number of nitrogens with zero attached hydrogens (tertiary/aromatic N) is 3. The van der Waals surface area contributed by atoms with E-state index in [9.17, 15) is 32.1 Å². The fourth-order valence-electron chi connectivity index (χ4n) is 1.27. The fraction of sp³-hybridized carbons (Fsp3) is 0.333. The number of halogens is 5. The average Bonchev–Trinajstić information content (AvgIpc) is 2.28. The van der Waals surface area contributed by atoms with Gasteiger partial charge in [-0.3, -0.25) is 0 Å². The summed E-state index contributed by atoms with van der Waals surface area (Å²) in [6.07, 6.45) is -9.39. The van der Waals surface area contributed by atoms with Gasteiger partial charge in [-0.2, -0.15) is 5.26 Å². The Morgan fingerprint density at radius 2 is 2.10 bits per heavy atom. The average molecular weight is 297 g/mol. The smallest absolute Gasteiger partial charge is 0.366 e. The molecule has 1 aromatic heterocycles. The molecule has 1 heterocycles. The van der Waals surface area contributed by atoms with Gasteiger partial charge in [0.05, 0.1) is 18.1 Å². The van der Waals surface area contributed by atoms with Crippen molar-refractivity contribution in [1.29, 1.82) is 5.26 Å². The molecule has 6 nitrogen and oxygen atoms in total. The molecule has 1 rings (SSSR count). The molecule has 0 fully saturated rings. The highest BCUT2D eigenvalue weighted by Gasteiger charge is 2.38. The van der Waals surface area contributed by atoms with Crippen molar-refractivity contribution in [1.82, 2.24) is 4.98 Å². The number of aromatic nitrogens is 1. The highest BCUT2D eigenvalue weighted by Crippen LogP contribution is 2.35. The van der Waals surface area contributed by atoms with Crippen LogP contribution in [-0.4, -0.2) is 16.3 Å². The summed E-state index contributed by atoms with van der Waals surface area (Å²) in [7, 11) is 0.